The van der Waals surface area contributed by atoms with E-state index in [0.29, 0.717) is 22.6 Å². The molecule has 0 aliphatic heterocycles. The van der Waals surface area contributed by atoms with Crippen LogP contribution in [-0.2, 0) is 6.61 Å². The van der Waals surface area contributed by atoms with E-state index >= 15 is 0 Å². The van der Waals surface area contributed by atoms with Crippen molar-refractivity contribution in [2.45, 2.75) is 26.5 Å². The third-order valence-electron chi connectivity index (χ3n) is 2.38. The molecule has 96 valence electrons. The molecule has 0 radical (unpaired) electrons. The third kappa shape index (κ3) is 3.00. The van der Waals surface area contributed by atoms with E-state index in [2.05, 4.69) is 10.2 Å². The molecule has 0 fully saturated rings. The maximum Gasteiger partial charge on any atom is 0.253 e. The Balaban J connectivity index is 2.13. The number of hydrogen-bond donors (Lipinski definition) is 1. The van der Waals surface area contributed by atoms with Crippen LogP contribution in [0, 0.1) is 6.92 Å². The van der Waals surface area contributed by atoms with Gasteiger partial charge < -0.3 is 14.9 Å². The molecule has 2 N–H and O–H groups in total. The van der Waals surface area contributed by atoms with Gasteiger partial charge in [-0.15, -0.1) is 10.2 Å². The van der Waals surface area contributed by atoms with Gasteiger partial charge in [-0.05, 0) is 25.1 Å². The molecule has 0 amide bonds. The van der Waals surface area contributed by atoms with Crippen LogP contribution in [0.25, 0.3) is 0 Å². The zero-order valence-corrected chi connectivity index (χ0v) is 10.9. The number of rotatable bonds is 4. The molecule has 5 nitrogen and oxygen atoms in total. The van der Waals surface area contributed by atoms with Gasteiger partial charge in [0.15, 0.2) is 6.61 Å². The van der Waals surface area contributed by atoms with E-state index < -0.39 is 0 Å². The average Bonchev–Trinajstić information content (AvgIpc) is 2.73. The Bertz CT molecular complexity index is 540. The van der Waals surface area contributed by atoms with Crippen LogP contribution in [0.1, 0.15) is 30.3 Å². The number of benzene rings is 1. The summed E-state index contributed by atoms with van der Waals surface area (Å²) in [7, 11) is 0. The zero-order chi connectivity index (χ0) is 13.1. The second-order valence-corrected chi connectivity index (χ2v) is 4.41. The summed E-state index contributed by atoms with van der Waals surface area (Å²) in [6.07, 6.45) is 0. The highest BCUT2D eigenvalue weighted by Gasteiger charge is 2.10. The predicted molar refractivity (Wildman–Crippen MR) is 67.4 cm³/mol. The summed E-state index contributed by atoms with van der Waals surface area (Å²) >= 11 is 5.93. The van der Waals surface area contributed by atoms with Crippen LogP contribution in [0.15, 0.2) is 22.6 Å². The summed E-state index contributed by atoms with van der Waals surface area (Å²) in [6.45, 7) is 3.81. The molecule has 1 atom stereocenters. The fourth-order valence-corrected chi connectivity index (χ4v) is 1.72. The average molecular weight is 268 g/mol. The van der Waals surface area contributed by atoms with Gasteiger partial charge in [-0.25, -0.2) is 0 Å². The second kappa shape index (κ2) is 5.37. The standard InChI is InChI=1S/C12H14ClN3O2/c1-7(14)10-5-9(13)3-4-11(10)17-6-12-16-15-8(2)18-12/h3-5,7H,6,14H2,1-2H3/t7-/m0/s1. The Morgan fingerprint density at radius 1 is 1.44 bits per heavy atom. The summed E-state index contributed by atoms with van der Waals surface area (Å²) < 4.78 is 10.8. The lowest BCUT2D eigenvalue weighted by Gasteiger charge is -2.13. The Hall–Kier alpha value is -1.59. The quantitative estimate of drug-likeness (QED) is 0.922. The number of hydrogen-bond acceptors (Lipinski definition) is 5. The highest BCUT2D eigenvalue weighted by atomic mass is 35.5. The van der Waals surface area contributed by atoms with Crippen LogP contribution in [0.3, 0.4) is 0 Å². The van der Waals surface area contributed by atoms with E-state index in [0.717, 1.165) is 5.56 Å². The first kappa shape index (κ1) is 12.9. The van der Waals surface area contributed by atoms with Crippen LogP contribution in [-0.4, -0.2) is 10.2 Å². The summed E-state index contributed by atoms with van der Waals surface area (Å²) in [5, 5.41) is 8.21. The second-order valence-electron chi connectivity index (χ2n) is 3.97. The van der Waals surface area contributed by atoms with Gasteiger partial charge in [0.2, 0.25) is 5.89 Å². The van der Waals surface area contributed by atoms with Crippen molar-refractivity contribution in [2.24, 2.45) is 5.73 Å². The fraction of sp³-hybridized carbons (Fsp3) is 0.333. The van der Waals surface area contributed by atoms with Crippen molar-refractivity contribution in [2.75, 3.05) is 0 Å². The first-order chi connectivity index (χ1) is 8.56. The maximum absolute atomic E-state index is 5.93. The lowest BCUT2D eigenvalue weighted by molar-refractivity contribution is 0.257. The Labute approximate surface area is 110 Å². The van der Waals surface area contributed by atoms with Crippen molar-refractivity contribution in [3.8, 4) is 5.75 Å². The summed E-state index contributed by atoms with van der Waals surface area (Å²) in [4.78, 5) is 0. The monoisotopic (exact) mass is 267 g/mol. The van der Waals surface area contributed by atoms with Gasteiger partial charge in [-0.2, -0.15) is 0 Å². The van der Waals surface area contributed by atoms with E-state index in [-0.39, 0.29) is 12.6 Å². The molecule has 0 unspecified atom stereocenters. The van der Waals surface area contributed by atoms with Gasteiger partial charge in [0, 0.05) is 23.6 Å². The van der Waals surface area contributed by atoms with Gasteiger partial charge >= 0.3 is 0 Å². The van der Waals surface area contributed by atoms with E-state index in [4.69, 9.17) is 26.5 Å². The van der Waals surface area contributed by atoms with Crippen LogP contribution >= 0.6 is 11.6 Å². The minimum absolute atomic E-state index is 0.164. The Kier molecular flexibility index (Phi) is 3.84. The van der Waals surface area contributed by atoms with Crippen molar-refractivity contribution in [3.63, 3.8) is 0 Å². The van der Waals surface area contributed by atoms with Gasteiger partial charge in [-0.1, -0.05) is 11.6 Å². The molecule has 0 saturated carbocycles. The van der Waals surface area contributed by atoms with Crippen molar-refractivity contribution in [1.29, 1.82) is 0 Å². The SMILES string of the molecule is Cc1nnc(COc2ccc(Cl)cc2[C@H](C)N)o1. The first-order valence-corrected chi connectivity index (χ1v) is 5.91. The molecule has 0 aliphatic carbocycles. The molecule has 6 heteroatoms. The number of aromatic nitrogens is 2. The minimum Gasteiger partial charge on any atom is -0.483 e. The van der Waals surface area contributed by atoms with Gasteiger partial charge in [0.25, 0.3) is 5.89 Å². The highest BCUT2D eigenvalue weighted by Crippen LogP contribution is 2.27. The van der Waals surface area contributed by atoms with Crippen molar-refractivity contribution >= 4 is 11.6 Å². The smallest absolute Gasteiger partial charge is 0.253 e. The number of nitrogens with zero attached hydrogens (tertiary/aromatic N) is 2. The normalized spacial score (nSPS) is 12.4. The molecule has 0 aliphatic rings. The first-order valence-electron chi connectivity index (χ1n) is 5.53. The van der Waals surface area contributed by atoms with Gasteiger partial charge in [-0.3, -0.25) is 0 Å². The number of ether oxygens (including phenoxy) is 1. The van der Waals surface area contributed by atoms with E-state index in [9.17, 15) is 0 Å². The molecule has 18 heavy (non-hydrogen) atoms. The number of halogens is 1. The molecular formula is C12H14ClN3O2. The summed E-state index contributed by atoms with van der Waals surface area (Å²) in [5.74, 6) is 1.61. The molecule has 2 rings (SSSR count). The van der Waals surface area contributed by atoms with E-state index in [1.54, 1.807) is 25.1 Å². The zero-order valence-electron chi connectivity index (χ0n) is 10.2. The lowest BCUT2D eigenvalue weighted by Crippen LogP contribution is -2.08. The molecule has 0 bridgehead atoms. The predicted octanol–water partition coefficient (Wildman–Crippen LogP) is 2.63. The maximum atomic E-state index is 5.93. The van der Waals surface area contributed by atoms with Crippen molar-refractivity contribution in [1.82, 2.24) is 10.2 Å². The largest absolute Gasteiger partial charge is 0.483 e. The Morgan fingerprint density at radius 3 is 2.83 bits per heavy atom. The lowest BCUT2D eigenvalue weighted by atomic mass is 10.1. The molecule has 1 aromatic heterocycles. The summed E-state index contributed by atoms with van der Waals surface area (Å²) in [5.41, 5.74) is 6.71. The highest BCUT2D eigenvalue weighted by molar-refractivity contribution is 6.30. The molecule has 1 aromatic carbocycles. The number of aryl methyl sites for hydroxylation is 1. The van der Waals surface area contributed by atoms with Gasteiger partial charge in [0.1, 0.15) is 5.75 Å². The van der Waals surface area contributed by atoms with E-state index in [1.165, 1.54) is 0 Å². The Morgan fingerprint density at radius 2 is 2.22 bits per heavy atom. The van der Waals surface area contributed by atoms with E-state index in [1.807, 2.05) is 6.92 Å². The molecular weight excluding hydrogens is 254 g/mol. The minimum atomic E-state index is -0.164. The molecule has 0 spiro atoms. The molecule has 0 saturated heterocycles. The van der Waals surface area contributed by atoms with Crippen LogP contribution < -0.4 is 10.5 Å². The van der Waals surface area contributed by atoms with Gasteiger partial charge in [0.05, 0.1) is 0 Å². The fourth-order valence-electron chi connectivity index (χ4n) is 1.54. The van der Waals surface area contributed by atoms with Crippen LogP contribution in [0.2, 0.25) is 5.02 Å². The third-order valence-corrected chi connectivity index (χ3v) is 2.62. The van der Waals surface area contributed by atoms with Crippen LogP contribution in [0.5, 0.6) is 5.75 Å². The van der Waals surface area contributed by atoms with Crippen molar-refractivity contribution in [3.05, 3.63) is 40.6 Å². The molecule has 1 heterocycles. The molecule has 2 aromatic rings. The summed E-state index contributed by atoms with van der Waals surface area (Å²) in [6, 6.07) is 5.16. The number of nitrogens with two attached hydrogens (primary N) is 1. The van der Waals surface area contributed by atoms with Crippen molar-refractivity contribution < 1.29 is 9.15 Å². The topological polar surface area (TPSA) is 74.2 Å². The van der Waals surface area contributed by atoms with Crippen LogP contribution in [0.4, 0.5) is 0 Å².